The molecule has 1 aromatic heterocycles. The SMILES string of the molecule is COc1cccc(NC(=O)CSc2nc(-c3ccccc3)c(N)s2)c1. The molecule has 0 spiro atoms. The van der Waals surface area contributed by atoms with Gasteiger partial charge in [-0.3, -0.25) is 4.79 Å². The number of hydrogen-bond donors (Lipinski definition) is 2. The van der Waals surface area contributed by atoms with E-state index in [1.54, 1.807) is 13.2 Å². The van der Waals surface area contributed by atoms with Gasteiger partial charge in [0.1, 0.15) is 16.4 Å². The zero-order valence-corrected chi connectivity index (χ0v) is 15.2. The van der Waals surface area contributed by atoms with Gasteiger partial charge in [0.25, 0.3) is 0 Å². The van der Waals surface area contributed by atoms with Gasteiger partial charge in [-0.25, -0.2) is 4.98 Å². The molecule has 128 valence electrons. The zero-order chi connectivity index (χ0) is 17.6. The molecule has 0 aliphatic heterocycles. The number of hydrogen-bond acceptors (Lipinski definition) is 6. The van der Waals surface area contributed by atoms with Crippen LogP contribution in [-0.2, 0) is 4.79 Å². The molecule has 1 heterocycles. The van der Waals surface area contributed by atoms with E-state index in [0.717, 1.165) is 15.6 Å². The van der Waals surface area contributed by atoms with Gasteiger partial charge in [-0.1, -0.05) is 59.5 Å². The van der Waals surface area contributed by atoms with Crippen molar-refractivity contribution < 1.29 is 9.53 Å². The fraction of sp³-hybridized carbons (Fsp3) is 0.111. The Morgan fingerprint density at radius 3 is 2.80 bits per heavy atom. The molecule has 3 aromatic rings. The fourth-order valence-corrected chi connectivity index (χ4v) is 3.95. The van der Waals surface area contributed by atoms with Crippen molar-refractivity contribution in [2.75, 3.05) is 23.9 Å². The molecule has 0 saturated heterocycles. The molecule has 3 N–H and O–H groups in total. The average Bonchev–Trinajstić information content (AvgIpc) is 3.01. The van der Waals surface area contributed by atoms with Gasteiger partial charge in [0.05, 0.1) is 12.9 Å². The molecule has 0 radical (unpaired) electrons. The molecule has 0 aliphatic rings. The highest BCUT2D eigenvalue weighted by atomic mass is 32.2. The topological polar surface area (TPSA) is 77.2 Å². The number of anilines is 2. The lowest BCUT2D eigenvalue weighted by molar-refractivity contribution is -0.113. The Morgan fingerprint density at radius 2 is 2.04 bits per heavy atom. The van der Waals surface area contributed by atoms with Crippen LogP contribution >= 0.6 is 23.1 Å². The number of methoxy groups -OCH3 is 1. The lowest BCUT2D eigenvalue weighted by atomic mass is 10.2. The smallest absolute Gasteiger partial charge is 0.234 e. The fourth-order valence-electron chi connectivity index (χ4n) is 2.20. The molecule has 5 nitrogen and oxygen atoms in total. The number of ether oxygens (including phenoxy) is 1. The molecule has 3 rings (SSSR count). The second-order valence-corrected chi connectivity index (χ2v) is 7.38. The number of thiazole rings is 1. The Hall–Kier alpha value is -2.51. The van der Waals surface area contributed by atoms with Gasteiger partial charge in [-0.15, -0.1) is 0 Å². The summed E-state index contributed by atoms with van der Waals surface area (Å²) >= 11 is 2.76. The van der Waals surface area contributed by atoms with Crippen molar-refractivity contribution >= 4 is 39.7 Å². The van der Waals surface area contributed by atoms with Crippen LogP contribution in [0.4, 0.5) is 10.7 Å². The summed E-state index contributed by atoms with van der Waals surface area (Å²) in [6, 6.07) is 17.0. The van der Waals surface area contributed by atoms with Crippen LogP contribution in [0.1, 0.15) is 0 Å². The quantitative estimate of drug-likeness (QED) is 0.637. The molecule has 1 amide bonds. The number of amides is 1. The van der Waals surface area contributed by atoms with Gasteiger partial charge in [0.2, 0.25) is 5.91 Å². The number of nitrogens with one attached hydrogen (secondary N) is 1. The van der Waals surface area contributed by atoms with E-state index in [1.807, 2.05) is 48.5 Å². The van der Waals surface area contributed by atoms with Crippen LogP contribution in [0.25, 0.3) is 11.3 Å². The van der Waals surface area contributed by atoms with Crippen LogP contribution in [0.2, 0.25) is 0 Å². The highest BCUT2D eigenvalue weighted by Gasteiger charge is 2.12. The monoisotopic (exact) mass is 371 g/mol. The van der Waals surface area contributed by atoms with Gasteiger partial charge in [0.15, 0.2) is 4.34 Å². The maximum atomic E-state index is 12.1. The highest BCUT2D eigenvalue weighted by Crippen LogP contribution is 2.35. The van der Waals surface area contributed by atoms with Crippen molar-refractivity contribution in [2.24, 2.45) is 0 Å². The predicted octanol–water partition coefficient (Wildman–Crippen LogP) is 4.13. The Balaban J connectivity index is 1.61. The van der Waals surface area contributed by atoms with Gasteiger partial charge >= 0.3 is 0 Å². The van der Waals surface area contributed by atoms with Gasteiger partial charge in [-0.2, -0.15) is 0 Å². The van der Waals surface area contributed by atoms with Crippen LogP contribution in [0.15, 0.2) is 58.9 Å². The average molecular weight is 371 g/mol. The van der Waals surface area contributed by atoms with E-state index < -0.39 is 0 Å². The predicted molar refractivity (Wildman–Crippen MR) is 104 cm³/mol. The summed E-state index contributed by atoms with van der Waals surface area (Å²) < 4.78 is 5.92. The molecule has 2 aromatic carbocycles. The van der Waals surface area contributed by atoms with Gasteiger partial charge in [-0.05, 0) is 12.1 Å². The first-order chi connectivity index (χ1) is 12.2. The summed E-state index contributed by atoms with van der Waals surface area (Å²) in [5, 5.41) is 3.50. The van der Waals surface area contributed by atoms with Crippen molar-refractivity contribution in [3.05, 3.63) is 54.6 Å². The van der Waals surface area contributed by atoms with Gasteiger partial charge < -0.3 is 15.8 Å². The zero-order valence-electron chi connectivity index (χ0n) is 13.6. The number of benzene rings is 2. The minimum atomic E-state index is -0.103. The van der Waals surface area contributed by atoms with E-state index in [2.05, 4.69) is 10.3 Å². The number of aromatic nitrogens is 1. The van der Waals surface area contributed by atoms with E-state index in [9.17, 15) is 4.79 Å². The van der Waals surface area contributed by atoms with Crippen LogP contribution in [-0.4, -0.2) is 23.8 Å². The Labute approximate surface area is 154 Å². The van der Waals surface area contributed by atoms with Crippen LogP contribution in [0.5, 0.6) is 5.75 Å². The summed E-state index contributed by atoms with van der Waals surface area (Å²) in [6.45, 7) is 0. The summed E-state index contributed by atoms with van der Waals surface area (Å²) in [4.78, 5) is 16.7. The first-order valence-electron chi connectivity index (χ1n) is 7.54. The number of thioether (sulfide) groups is 1. The van der Waals surface area contributed by atoms with Crippen molar-refractivity contribution in [3.63, 3.8) is 0 Å². The molecule has 0 fully saturated rings. The number of nitrogen functional groups attached to an aromatic ring is 1. The van der Waals surface area contributed by atoms with Crippen LogP contribution < -0.4 is 15.8 Å². The van der Waals surface area contributed by atoms with Crippen molar-refractivity contribution in [3.8, 4) is 17.0 Å². The van der Waals surface area contributed by atoms with E-state index >= 15 is 0 Å². The number of rotatable bonds is 6. The molecule has 0 saturated carbocycles. The first-order valence-corrected chi connectivity index (χ1v) is 9.34. The molecule has 0 bridgehead atoms. The first kappa shape index (κ1) is 17.3. The van der Waals surface area contributed by atoms with Crippen LogP contribution in [0.3, 0.4) is 0 Å². The highest BCUT2D eigenvalue weighted by molar-refractivity contribution is 8.01. The summed E-state index contributed by atoms with van der Waals surface area (Å²) in [5.41, 5.74) is 8.51. The van der Waals surface area contributed by atoms with E-state index in [-0.39, 0.29) is 11.7 Å². The number of nitrogens with two attached hydrogens (primary N) is 1. The maximum absolute atomic E-state index is 12.1. The van der Waals surface area contributed by atoms with E-state index in [0.29, 0.717) is 16.4 Å². The third-order valence-electron chi connectivity index (χ3n) is 3.36. The van der Waals surface area contributed by atoms with Crippen LogP contribution in [0, 0.1) is 0 Å². The number of nitrogens with zero attached hydrogens (tertiary/aromatic N) is 1. The van der Waals surface area contributed by atoms with Crippen molar-refractivity contribution in [2.45, 2.75) is 4.34 Å². The second kappa shape index (κ2) is 8.04. The Kier molecular flexibility index (Phi) is 5.57. The maximum Gasteiger partial charge on any atom is 0.234 e. The number of carbonyl (C=O) groups is 1. The lowest BCUT2D eigenvalue weighted by Gasteiger charge is -2.06. The minimum absolute atomic E-state index is 0.103. The third-order valence-corrected chi connectivity index (χ3v) is 5.39. The van der Waals surface area contributed by atoms with Crippen molar-refractivity contribution in [1.29, 1.82) is 0 Å². The second-order valence-electron chi connectivity index (χ2n) is 5.13. The molecule has 25 heavy (non-hydrogen) atoms. The Morgan fingerprint density at radius 1 is 1.24 bits per heavy atom. The largest absolute Gasteiger partial charge is 0.497 e. The summed E-state index contributed by atoms with van der Waals surface area (Å²) in [6.07, 6.45) is 0. The third kappa shape index (κ3) is 4.52. The molecular formula is C18H17N3O2S2. The van der Waals surface area contributed by atoms with E-state index in [1.165, 1.54) is 23.1 Å². The van der Waals surface area contributed by atoms with E-state index in [4.69, 9.17) is 10.5 Å². The summed E-state index contributed by atoms with van der Waals surface area (Å²) in [5.74, 6) is 0.859. The Bertz CT molecular complexity index is 866. The molecule has 0 aliphatic carbocycles. The van der Waals surface area contributed by atoms with Crippen molar-refractivity contribution in [1.82, 2.24) is 4.98 Å². The molecule has 0 atom stereocenters. The summed E-state index contributed by atoms with van der Waals surface area (Å²) in [7, 11) is 1.59. The molecule has 0 unspecified atom stereocenters. The van der Waals surface area contributed by atoms with Gasteiger partial charge in [0, 0.05) is 17.3 Å². The lowest BCUT2D eigenvalue weighted by Crippen LogP contribution is -2.13. The number of carbonyl (C=O) groups excluding carboxylic acids is 1. The normalized spacial score (nSPS) is 10.4. The minimum Gasteiger partial charge on any atom is -0.497 e. The molecular weight excluding hydrogens is 354 g/mol. The standard InChI is InChI=1S/C18H17N3O2S2/c1-23-14-9-5-8-13(10-14)20-15(22)11-24-18-21-16(17(19)25-18)12-6-3-2-4-7-12/h2-10H,11,19H2,1H3,(H,20,22). The molecule has 7 heteroatoms.